The summed E-state index contributed by atoms with van der Waals surface area (Å²) < 4.78 is 7.29. The zero-order valence-electron chi connectivity index (χ0n) is 14.7. The smallest absolute Gasteiger partial charge is 0.254 e. The van der Waals surface area contributed by atoms with Crippen molar-refractivity contribution in [2.75, 3.05) is 13.7 Å². The molecule has 0 saturated carbocycles. The van der Waals surface area contributed by atoms with E-state index in [1.807, 2.05) is 49.3 Å². The van der Waals surface area contributed by atoms with Gasteiger partial charge in [0.1, 0.15) is 0 Å². The molecule has 25 heavy (non-hydrogen) atoms. The third-order valence-electron chi connectivity index (χ3n) is 5.06. The minimum absolute atomic E-state index is 0.00971. The van der Waals surface area contributed by atoms with E-state index in [0.29, 0.717) is 5.56 Å². The van der Waals surface area contributed by atoms with Crippen molar-refractivity contribution in [1.82, 2.24) is 19.7 Å². The van der Waals surface area contributed by atoms with Crippen LogP contribution in [-0.2, 0) is 7.05 Å². The van der Waals surface area contributed by atoms with Crippen molar-refractivity contribution < 1.29 is 9.53 Å². The molecule has 3 heterocycles. The van der Waals surface area contributed by atoms with Crippen LogP contribution in [0.25, 0.3) is 10.9 Å². The first kappa shape index (κ1) is 15.7. The second-order valence-electron chi connectivity index (χ2n) is 6.57. The first-order valence-corrected chi connectivity index (χ1v) is 8.55. The van der Waals surface area contributed by atoms with Crippen LogP contribution in [0, 0.1) is 6.92 Å². The Kier molecular flexibility index (Phi) is 3.75. The molecule has 4 rings (SSSR count). The average molecular weight is 338 g/mol. The van der Waals surface area contributed by atoms with Crippen LogP contribution in [0.5, 0.6) is 5.88 Å². The predicted octanol–water partition coefficient (Wildman–Crippen LogP) is 3.20. The Hall–Kier alpha value is -2.76. The van der Waals surface area contributed by atoms with Gasteiger partial charge in [0.05, 0.1) is 24.4 Å². The molecule has 0 spiro atoms. The molecule has 130 valence electrons. The number of carbonyl (C=O) groups is 1. The van der Waals surface area contributed by atoms with Crippen LogP contribution in [-0.4, -0.2) is 39.2 Å². The van der Waals surface area contributed by atoms with E-state index in [2.05, 4.69) is 10.1 Å². The summed E-state index contributed by atoms with van der Waals surface area (Å²) in [5, 5.41) is 5.59. The average Bonchev–Trinajstić information content (AvgIpc) is 3.31. The van der Waals surface area contributed by atoms with E-state index in [9.17, 15) is 4.79 Å². The Morgan fingerprint density at radius 3 is 3.00 bits per heavy atom. The van der Waals surface area contributed by atoms with Gasteiger partial charge in [0.25, 0.3) is 5.91 Å². The molecule has 1 unspecified atom stereocenters. The van der Waals surface area contributed by atoms with Gasteiger partial charge < -0.3 is 14.6 Å². The molecular formula is C19H22N4O2. The van der Waals surface area contributed by atoms with E-state index in [4.69, 9.17) is 4.74 Å². The lowest BCUT2D eigenvalue weighted by Crippen LogP contribution is -2.31. The number of methoxy groups -OCH3 is 1. The Morgan fingerprint density at radius 1 is 1.36 bits per heavy atom. The number of rotatable bonds is 3. The number of aromatic nitrogens is 3. The summed E-state index contributed by atoms with van der Waals surface area (Å²) in [4.78, 5) is 18.3. The maximum atomic E-state index is 13.2. The Morgan fingerprint density at radius 2 is 2.20 bits per heavy atom. The summed E-state index contributed by atoms with van der Waals surface area (Å²) in [5.74, 6) is 0.798. The van der Waals surface area contributed by atoms with Gasteiger partial charge in [0, 0.05) is 30.9 Å². The van der Waals surface area contributed by atoms with Gasteiger partial charge in [-0.3, -0.25) is 4.79 Å². The van der Waals surface area contributed by atoms with Crippen molar-refractivity contribution in [1.29, 1.82) is 0 Å². The highest BCUT2D eigenvalue weighted by atomic mass is 16.5. The van der Waals surface area contributed by atoms with Crippen molar-refractivity contribution in [2.45, 2.75) is 25.8 Å². The molecule has 1 amide bonds. The second-order valence-corrected chi connectivity index (χ2v) is 6.57. The summed E-state index contributed by atoms with van der Waals surface area (Å²) in [6.45, 7) is 2.73. The molecule has 1 atom stereocenters. The van der Waals surface area contributed by atoms with Crippen LogP contribution in [0.3, 0.4) is 0 Å². The quantitative estimate of drug-likeness (QED) is 0.798. The van der Waals surface area contributed by atoms with Crippen LogP contribution < -0.4 is 4.74 Å². The van der Waals surface area contributed by atoms with E-state index in [1.165, 1.54) is 0 Å². The fourth-order valence-electron chi connectivity index (χ4n) is 3.94. The molecule has 0 radical (unpaired) electrons. The lowest BCUT2D eigenvalue weighted by Gasteiger charge is -2.25. The highest BCUT2D eigenvalue weighted by Crippen LogP contribution is 2.39. The van der Waals surface area contributed by atoms with Crippen LogP contribution in [0.1, 0.15) is 40.5 Å². The van der Waals surface area contributed by atoms with Crippen molar-refractivity contribution in [3.63, 3.8) is 0 Å². The normalized spacial score (nSPS) is 17.4. The fourth-order valence-corrected chi connectivity index (χ4v) is 3.94. The van der Waals surface area contributed by atoms with Crippen LogP contribution in [0.15, 0.2) is 30.5 Å². The van der Waals surface area contributed by atoms with Gasteiger partial charge in [-0.2, -0.15) is 5.10 Å². The van der Waals surface area contributed by atoms with Crippen molar-refractivity contribution in [2.24, 2.45) is 7.05 Å². The molecule has 1 aliphatic heterocycles. The van der Waals surface area contributed by atoms with Crippen molar-refractivity contribution in [3.8, 4) is 5.88 Å². The molecule has 1 saturated heterocycles. The van der Waals surface area contributed by atoms with Gasteiger partial charge >= 0.3 is 0 Å². The van der Waals surface area contributed by atoms with Crippen LogP contribution in [0.4, 0.5) is 0 Å². The molecule has 0 aliphatic carbocycles. The number of hydrogen-bond acceptors (Lipinski definition) is 3. The lowest BCUT2D eigenvalue weighted by atomic mass is 10.0. The number of nitrogens with zero attached hydrogens (tertiary/aromatic N) is 3. The van der Waals surface area contributed by atoms with E-state index in [-0.39, 0.29) is 11.9 Å². The molecule has 6 nitrogen and oxygen atoms in total. The van der Waals surface area contributed by atoms with Gasteiger partial charge in [-0.25, -0.2) is 4.68 Å². The molecular weight excluding hydrogens is 316 g/mol. The number of ether oxygens (including phenoxy) is 1. The molecule has 1 aliphatic rings. The number of likely N-dealkylation sites (tertiary alicyclic amines) is 1. The minimum atomic E-state index is 0.00971. The topological polar surface area (TPSA) is 63.1 Å². The summed E-state index contributed by atoms with van der Waals surface area (Å²) in [7, 11) is 3.52. The SMILES string of the molecule is COc1c(C2CCCN2C(=O)c2ccc3cc[nH]c3c2)c(C)nn1C. The summed E-state index contributed by atoms with van der Waals surface area (Å²) >= 11 is 0. The number of benzene rings is 1. The molecule has 3 aromatic rings. The zero-order chi connectivity index (χ0) is 17.6. The molecule has 6 heteroatoms. The maximum Gasteiger partial charge on any atom is 0.254 e. The minimum Gasteiger partial charge on any atom is -0.481 e. The number of hydrogen-bond donors (Lipinski definition) is 1. The molecule has 2 aromatic heterocycles. The monoisotopic (exact) mass is 338 g/mol. The van der Waals surface area contributed by atoms with Crippen molar-refractivity contribution >= 4 is 16.8 Å². The highest BCUT2D eigenvalue weighted by molar-refractivity contribution is 5.98. The highest BCUT2D eigenvalue weighted by Gasteiger charge is 2.35. The van der Waals surface area contributed by atoms with Crippen LogP contribution in [0.2, 0.25) is 0 Å². The Bertz CT molecular complexity index is 940. The van der Waals surface area contributed by atoms with Gasteiger partial charge in [-0.05, 0) is 43.4 Å². The number of carbonyl (C=O) groups excluding carboxylic acids is 1. The fraction of sp³-hybridized carbons (Fsp3) is 0.368. The number of H-pyrrole nitrogens is 1. The van der Waals surface area contributed by atoms with E-state index in [1.54, 1.807) is 11.8 Å². The number of amides is 1. The molecule has 1 N–H and O–H groups in total. The van der Waals surface area contributed by atoms with Gasteiger partial charge in [0.15, 0.2) is 0 Å². The second kappa shape index (κ2) is 5.95. The standard InChI is InChI=1S/C19H22N4O2/c1-12-17(19(25-3)22(2)21-12)16-5-4-10-23(16)18(24)14-7-6-13-8-9-20-15(13)11-14/h6-9,11,16,20H,4-5,10H2,1-3H3. The van der Waals surface area contributed by atoms with Crippen molar-refractivity contribution in [3.05, 3.63) is 47.3 Å². The first-order valence-electron chi connectivity index (χ1n) is 8.55. The predicted molar refractivity (Wildman–Crippen MR) is 95.8 cm³/mol. The summed E-state index contributed by atoms with van der Waals surface area (Å²) in [6, 6.07) is 7.84. The number of aryl methyl sites for hydroxylation is 2. The molecule has 0 bridgehead atoms. The number of nitrogens with one attached hydrogen (secondary N) is 1. The van der Waals surface area contributed by atoms with Gasteiger partial charge in [0.2, 0.25) is 5.88 Å². The number of aromatic amines is 1. The van der Waals surface area contributed by atoms with E-state index < -0.39 is 0 Å². The summed E-state index contributed by atoms with van der Waals surface area (Å²) in [5.41, 5.74) is 3.64. The lowest BCUT2D eigenvalue weighted by molar-refractivity contribution is 0.0734. The van der Waals surface area contributed by atoms with E-state index in [0.717, 1.165) is 47.4 Å². The summed E-state index contributed by atoms with van der Waals surface area (Å²) in [6.07, 6.45) is 3.81. The molecule has 1 aromatic carbocycles. The number of fused-ring (bicyclic) bond motifs is 1. The molecule has 1 fully saturated rings. The Labute approximate surface area is 146 Å². The van der Waals surface area contributed by atoms with Crippen LogP contribution >= 0.6 is 0 Å². The van der Waals surface area contributed by atoms with E-state index >= 15 is 0 Å². The third kappa shape index (κ3) is 2.49. The first-order chi connectivity index (χ1) is 12.1. The van der Waals surface area contributed by atoms with Gasteiger partial charge in [-0.15, -0.1) is 0 Å². The maximum absolute atomic E-state index is 13.2. The third-order valence-corrected chi connectivity index (χ3v) is 5.06. The largest absolute Gasteiger partial charge is 0.481 e. The Balaban J connectivity index is 1.70. The zero-order valence-corrected chi connectivity index (χ0v) is 14.7. The van der Waals surface area contributed by atoms with Gasteiger partial charge in [-0.1, -0.05) is 6.07 Å².